The molecule has 8 heteroatoms. The standard InChI is InChI=1S/C21H23N3O4S/c1-3-27-15-10-12(8-9-14(15)26-2)21(25)28-11-17-23-19(22)18-13-6-4-5-7-16(13)29-20(18)24-17/h8-10H,3-7,11H2,1-2H3,(H2,22,23,24). The quantitative estimate of drug-likeness (QED) is 0.612. The Morgan fingerprint density at radius 2 is 2.03 bits per heavy atom. The van der Waals surface area contributed by atoms with Crippen molar-refractivity contribution in [2.45, 2.75) is 39.2 Å². The van der Waals surface area contributed by atoms with Gasteiger partial charge in [-0.05, 0) is 56.4 Å². The third-order valence-corrected chi connectivity index (χ3v) is 6.11. The number of nitrogen functional groups attached to an aromatic ring is 1. The SMILES string of the molecule is CCOc1cc(C(=O)OCc2nc(N)c3c4c(sc3n2)CCCC4)ccc1OC. The van der Waals surface area contributed by atoms with E-state index in [0.29, 0.717) is 35.3 Å². The van der Waals surface area contributed by atoms with E-state index < -0.39 is 5.97 Å². The van der Waals surface area contributed by atoms with Gasteiger partial charge in [0.15, 0.2) is 23.9 Å². The van der Waals surface area contributed by atoms with Crippen LogP contribution in [0.25, 0.3) is 10.2 Å². The van der Waals surface area contributed by atoms with Gasteiger partial charge < -0.3 is 19.9 Å². The molecule has 0 spiro atoms. The van der Waals surface area contributed by atoms with Gasteiger partial charge in [0.05, 0.1) is 24.7 Å². The fourth-order valence-corrected chi connectivity index (χ4v) is 4.87. The summed E-state index contributed by atoms with van der Waals surface area (Å²) in [4.78, 5) is 23.7. The van der Waals surface area contributed by atoms with Gasteiger partial charge in [0, 0.05) is 4.88 Å². The second-order valence-corrected chi connectivity index (χ2v) is 7.87. The first kappa shape index (κ1) is 19.4. The largest absolute Gasteiger partial charge is 0.493 e. The lowest BCUT2D eigenvalue weighted by Gasteiger charge is -2.11. The van der Waals surface area contributed by atoms with E-state index in [9.17, 15) is 4.79 Å². The molecule has 0 atom stereocenters. The number of ether oxygens (including phenoxy) is 3. The molecule has 0 unspecified atom stereocenters. The normalized spacial score (nSPS) is 13.2. The molecule has 1 aromatic carbocycles. The predicted octanol–water partition coefficient (Wildman–Crippen LogP) is 3.92. The van der Waals surface area contributed by atoms with Crippen LogP contribution in [-0.4, -0.2) is 29.7 Å². The molecular weight excluding hydrogens is 390 g/mol. The van der Waals surface area contributed by atoms with Crippen LogP contribution in [-0.2, 0) is 24.2 Å². The molecule has 0 bridgehead atoms. The molecular formula is C21H23N3O4S. The Morgan fingerprint density at radius 3 is 2.83 bits per heavy atom. The minimum Gasteiger partial charge on any atom is -0.493 e. The highest BCUT2D eigenvalue weighted by molar-refractivity contribution is 7.19. The van der Waals surface area contributed by atoms with E-state index in [2.05, 4.69) is 9.97 Å². The first-order valence-corrected chi connectivity index (χ1v) is 10.5. The van der Waals surface area contributed by atoms with Crippen LogP contribution in [0.1, 0.15) is 46.4 Å². The van der Waals surface area contributed by atoms with Crippen molar-refractivity contribution in [1.29, 1.82) is 0 Å². The van der Waals surface area contributed by atoms with Crippen LogP contribution in [0.4, 0.5) is 5.82 Å². The van der Waals surface area contributed by atoms with Crippen LogP contribution in [0.3, 0.4) is 0 Å². The predicted molar refractivity (Wildman–Crippen MR) is 112 cm³/mol. The Labute approximate surface area is 172 Å². The van der Waals surface area contributed by atoms with Gasteiger partial charge in [0.2, 0.25) is 0 Å². The number of nitrogens with zero attached hydrogens (tertiary/aromatic N) is 2. The van der Waals surface area contributed by atoms with Crippen molar-refractivity contribution < 1.29 is 19.0 Å². The van der Waals surface area contributed by atoms with Crippen LogP contribution in [0.2, 0.25) is 0 Å². The van der Waals surface area contributed by atoms with Gasteiger partial charge in [0.1, 0.15) is 10.6 Å². The highest BCUT2D eigenvalue weighted by atomic mass is 32.1. The number of hydrogen-bond donors (Lipinski definition) is 1. The summed E-state index contributed by atoms with van der Waals surface area (Å²) in [5, 5.41) is 0.969. The van der Waals surface area contributed by atoms with E-state index >= 15 is 0 Å². The maximum absolute atomic E-state index is 12.5. The number of nitrogens with two attached hydrogens (primary N) is 1. The number of benzene rings is 1. The molecule has 7 nitrogen and oxygen atoms in total. The molecule has 0 aliphatic heterocycles. The number of anilines is 1. The average Bonchev–Trinajstić information content (AvgIpc) is 3.11. The van der Waals surface area contributed by atoms with Crippen LogP contribution >= 0.6 is 11.3 Å². The van der Waals surface area contributed by atoms with E-state index in [1.54, 1.807) is 36.6 Å². The highest BCUT2D eigenvalue weighted by Crippen LogP contribution is 2.37. The molecule has 2 N–H and O–H groups in total. The lowest BCUT2D eigenvalue weighted by atomic mass is 9.97. The van der Waals surface area contributed by atoms with Gasteiger partial charge in [-0.2, -0.15) is 0 Å². The van der Waals surface area contributed by atoms with Crippen molar-refractivity contribution in [1.82, 2.24) is 9.97 Å². The van der Waals surface area contributed by atoms with Crippen LogP contribution < -0.4 is 15.2 Å². The number of carbonyl (C=O) groups excluding carboxylic acids is 1. The summed E-state index contributed by atoms with van der Waals surface area (Å²) in [5.74, 6) is 1.44. The van der Waals surface area contributed by atoms with Crippen LogP contribution in [0.5, 0.6) is 11.5 Å². The Balaban J connectivity index is 1.52. The lowest BCUT2D eigenvalue weighted by molar-refractivity contribution is 0.0462. The number of carbonyl (C=O) groups is 1. The first-order valence-electron chi connectivity index (χ1n) is 9.65. The van der Waals surface area contributed by atoms with Crippen LogP contribution in [0, 0.1) is 0 Å². The summed E-state index contributed by atoms with van der Waals surface area (Å²) in [6.07, 6.45) is 4.46. The number of methoxy groups -OCH3 is 1. The molecule has 1 aliphatic rings. The Morgan fingerprint density at radius 1 is 1.21 bits per heavy atom. The third kappa shape index (κ3) is 3.85. The van der Waals surface area contributed by atoms with Gasteiger partial charge in [-0.1, -0.05) is 0 Å². The zero-order chi connectivity index (χ0) is 20.4. The second kappa shape index (κ2) is 8.24. The van der Waals surface area contributed by atoms with E-state index in [1.807, 2.05) is 6.92 Å². The minimum absolute atomic E-state index is 0.0441. The minimum atomic E-state index is -0.485. The molecule has 29 heavy (non-hydrogen) atoms. The number of thiophene rings is 1. The number of hydrogen-bond acceptors (Lipinski definition) is 8. The van der Waals surface area contributed by atoms with Crippen molar-refractivity contribution in [3.05, 3.63) is 40.0 Å². The molecule has 2 heterocycles. The topological polar surface area (TPSA) is 96.6 Å². The summed E-state index contributed by atoms with van der Waals surface area (Å²) < 4.78 is 16.2. The van der Waals surface area contributed by atoms with Crippen molar-refractivity contribution in [3.8, 4) is 11.5 Å². The lowest BCUT2D eigenvalue weighted by Crippen LogP contribution is -2.09. The zero-order valence-corrected chi connectivity index (χ0v) is 17.3. The Hall–Kier alpha value is -2.87. The van der Waals surface area contributed by atoms with Gasteiger partial charge in [-0.15, -0.1) is 11.3 Å². The summed E-state index contributed by atoms with van der Waals surface area (Å²) in [7, 11) is 1.55. The molecule has 0 saturated carbocycles. The molecule has 152 valence electrons. The number of esters is 1. The van der Waals surface area contributed by atoms with Crippen LogP contribution in [0.15, 0.2) is 18.2 Å². The second-order valence-electron chi connectivity index (χ2n) is 6.79. The summed E-state index contributed by atoms with van der Waals surface area (Å²) in [5.41, 5.74) is 7.87. The number of aromatic nitrogens is 2. The van der Waals surface area contributed by atoms with E-state index in [4.69, 9.17) is 19.9 Å². The molecule has 0 radical (unpaired) electrons. The number of rotatable bonds is 6. The van der Waals surface area contributed by atoms with Gasteiger partial charge in [0.25, 0.3) is 0 Å². The Bertz CT molecular complexity index is 1060. The molecule has 1 aliphatic carbocycles. The molecule has 0 amide bonds. The van der Waals surface area contributed by atoms with E-state index in [1.165, 1.54) is 23.3 Å². The molecule has 2 aromatic heterocycles. The first-order chi connectivity index (χ1) is 14.1. The summed E-state index contributed by atoms with van der Waals surface area (Å²) >= 11 is 1.67. The highest BCUT2D eigenvalue weighted by Gasteiger charge is 2.20. The zero-order valence-electron chi connectivity index (χ0n) is 16.5. The molecule has 3 aromatic rings. The summed E-state index contributed by atoms with van der Waals surface area (Å²) in [6, 6.07) is 4.92. The van der Waals surface area contributed by atoms with E-state index in [-0.39, 0.29) is 6.61 Å². The molecule has 0 saturated heterocycles. The van der Waals surface area contributed by atoms with Crippen molar-refractivity contribution >= 4 is 33.3 Å². The molecule has 0 fully saturated rings. The van der Waals surface area contributed by atoms with Gasteiger partial charge in [-0.25, -0.2) is 14.8 Å². The van der Waals surface area contributed by atoms with E-state index in [0.717, 1.165) is 23.1 Å². The van der Waals surface area contributed by atoms with Crippen molar-refractivity contribution in [2.75, 3.05) is 19.5 Å². The Kier molecular flexibility index (Phi) is 5.53. The average molecular weight is 413 g/mol. The molecule has 4 rings (SSSR count). The maximum atomic E-state index is 12.5. The fraction of sp³-hybridized carbons (Fsp3) is 0.381. The maximum Gasteiger partial charge on any atom is 0.338 e. The van der Waals surface area contributed by atoms with Gasteiger partial charge in [-0.3, -0.25) is 0 Å². The van der Waals surface area contributed by atoms with Crippen molar-refractivity contribution in [2.24, 2.45) is 0 Å². The number of fused-ring (bicyclic) bond motifs is 3. The summed E-state index contributed by atoms with van der Waals surface area (Å²) in [6.45, 7) is 2.29. The van der Waals surface area contributed by atoms with Crippen molar-refractivity contribution in [3.63, 3.8) is 0 Å². The third-order valence-electron chi connectivity index (χ3n) is 4.92. The smallest absolute Gasteiger partial charge is 0.338 e. The monoisotopic (exact) mass is 413 g/mol. The number of aryl methyl sites for hydroxylation is 2. The fourth-order valence-electron chi connectivity index (χ4n) is 3.58. The van der Waals surface area contributed by atoms with Gasteiger partial charge >= 0.3 is 5.97 Å².